The number of carbonyl (C=O) groups is 1. The van der Waals surface area contributed by atoms with E-state index in [4.69, 9.17) is 10.5 Å². The third-order valence-corrected chi connectivity index (χ3v) is 5.76. The van der Waals surface area contributed by atoms with Crippen molar-refractivity contribution in [2.45, 2.75) is 18.6 Å². The van der Waals surface area contributed by atoms with Crippen molar-refractivity contribution in [1.82, 2.24) is 34.7 Å². The Kier molecular flexibility index (Phi) is 5.84. The number of aromatic nitrogens is 4. The van der Waals surface area contributed by atoms with Crippen molar-refractivity contribution in [1.29, 1.82) is 0 Å². The number of H-pyrrole nitrogens is 1. The highest BCUT2D eigenvalue weighted by molar-refractivity contribution is 5.93. The van der Waals surface area contributed by atoms with Crippen molar-refractivity contribution >= 4 is 11.7 Å². The molecule has 2 aromatic heterocycles. The van der Waals surface area contributed by atoms with Crippen LogP contribution in [0.2, 0.25) is 0 Å². The number of hydrogen-bond donors (Lipinski definition) is 2. The van der Waals surface area contributed by atoms with Gasteiger partial charge in [-0.1, -0.05) is 0 Å². The fourth-order valence-corrected chi connectivity index (χ4v) is 4.24. The van der Waals surface area contributed by atoms with E-state index in [0.717, 1.165) is 44.7 Å². The molecule has 1 amide bonds. The number of rotatable bonds is 4. The molecule has 2 aliphatic rings. The lowest BCUT2D eigenvalue weighted by Crippen LogP contribution is -2.52. The molecule has 10 heteroatoms. The van der Waals surface area contributed by atoms with E-state index in [-0.39, 0.29) is 18.1 Å². The van der Waals surface area contributed by atoms with Gasteiger partial charge in [-0.2, -0.15) is 10.2 Å². The number of nitrogens with zero attached hydrogens (tertiary/aromatic N) is 6. The predicted molar refractivity (Wildman–Crippen MR) is 108 cm³/mol. The van der Waals surface area contributed by atoms with Crippen molar-refractivity contribution in [3.05, 3.63) is 29.7 Å². The molecule has 0 aliphatic carbocycles. The van der Waals surface area contributed by atoms with E-state index in [2.05, 4.69) is 32.1 Å². The summed E-state index contributed by atoms with van der Waals surface area (Å²) < 4.78 is 7.97. The third kappa shape index (κ3) is 4.44. The second kappa shape index (κ2) is 8.52. The van der Waals surface area contributed by atoms with Crippen LogP contribution in [0.15, 0.2) is 18.5 Å². The summed E-state index contributed by atoms with van der Waals surface area (Å²) in [5.41, 5.74) is 7.08. The normalized spacial score (nSPS) is 24.6. The Morgan fingerprint density at radius 1 is 1.28 bits per heavy atom. The third-order valence-electron chi connectivity index (χ3n) is 5.76. The summed E-state index contributed by atoms with van der Waals surface area (Å²) in [7, 11) is 4.05. The maximum Gasteiger partial charge on any atom is 0.272 e. The van der Waals surface area contributed by atoms with Crippen molar-refractivity contribution in [2.24, 2.45) is 7.05 Å². The van der Waals surface area contributed by atoms with Crippen LogP contribution >= 0.6 is 0 Å². The molecular formula is C19H30N8O2. The Balaban J connectivity index is 1.58. The quantitative estimate of drug-likeness (QED) is 0.738. The fraction of sp³-hybridized carbons (Fsp3) is 0.632. The van der Waals surface area contributed by atoms with Gasteiger partial charge in [-0.05, 0) is 26.6 Å². The van der Waals surface area contributed by atoms with E-state index in [1.807, 2.05) is 24.3 Å². The van der Waals surface area contributed by atoms with E-state index >= 15 is 0 Å². The number of nitrogens with two attached hydrogens (primary N) is 1. The Bertz CT molecular complexity index is 834. The first-order chi connectivity index (χ1) is 14.0. The van der Waals surface area contributed by atoms with Crippen LogP contribution in [0, 0.1) is 0 Å². The first kappa shape index (κ1) is 19.9. The SMILES string of the molecule is CN1CCCN(C[C@@H]2OCCN(C(=O)c3cc(N)n[nH]3)[C@H]2c2cnn(C)c2)CC1. The van der Waals surface area contributed by atoms with Gasteiger partial charge in [0.15, 0.2) is 0 Å². The van der Waals surface area contributed by atoms with Crippen LogP contribution in [0.3, 0.4) is 0 Å². The average Bonchev–Trinajstić information content (AvgIpc) is 3.27. The number of aryl methyl sites for hydroxylation is 1. The number of carbonyl (C=O) groups excluding carboxylic acids is 1. The number of morpholine rings is 1. The molecule has 0 spiro atoms. The minimum atomic E-state index is -0.213. The lowest BCUT2D eigenvalue weighted by Gasteiger charge is -2.42. The first-order valence-corrected chi connectivity index (χ1v) is 10.1. The van der Waals surface area contributed by atoms with Gasteiger partial charge in [-0.15, -0.1) is 0 Å². The van der Waals surface area contributed by atoms with Gasteiger partial charge >= 0.3 is 0 Å². The highest BCUT2D eigenvalue weighted by Gasteiger charge is 2.39. The molecule has 2 saturated heterocycles. The molecule has 0 radical (unpaired) electrons. The molecule has 158 valence electrons. The van der Waals surface area contributed by atoms with Crippen molar-refractivity contribution in [3.63, 3.8) is 0 Å². The summed E-state index contributed by atoms with van der Waals surface area (Å²) in [6.45, 7) is 5.99. The topological polar surface area (TPSA) is 109 Å². The van der Waals surface area contributed by atoms with Crippen LogP contribution in [-0.4, -0.2) is 99.6 Å². The zero-order valence-corrected chi connectivity index (χ0v) is 17.1. The number of amides is 1. The number of aromatic amines is 1. The van der Waals surface area contributed by atoms with Gasteiger partial charge in [0.25, 0.3) is 5.91 Å². The van der Waals surface area contributed by atoms with Crippen LogP contribution in [0.1, 0.15) is 28.5 Å². The zero-order chi connectivity index (χ0) is 20.4. The molecule has 2 fully saturated rings. The van der Waals surface area contributed by atoms with Gasteiger partial charge in [0, 0.05) is 51.1 Å². The smallest absolute Gasteiger partial charge is 0.272 e. The van der Waals surface area contributed by atoms with E-state index in [1.54, 1.807) is 10.7 Å². The van der Waals surface area contributed by atoms with Gasteiger partial charge in [0.2, 0.25) is 0 Å². The fourth-order valence-electron chi connectivity index (χ4n) is 4.24. The molecule has 3 N–H and O–H groups in total. The van der Waals surface area contributed by atoms with Crippen molar-refractivity contribution < 1.29 is 9.53 Å². The van der Waals surface area contributed by atoms with Gasteiger partial charge in [-0.3, -0.25) is 19.5 Å². The largest absolute Gasteiger partial charge is 0.382 e. The predicted octanol–water partition coefficient (Wildman–Crippen LogP) is -0.0548. The summed E-state index contributed by atoms with van der Waals surface area (Å²) in [4.78, 5) is 19.9. The van der Waals surface area contributed by atoms with E-state index in [1.165, 1.54) is 0 Å². The molecule has 29 heavy (non-hydrogen) atoms. The molecule has 2 atom stereocenters. The monoisotopic (exact) mass is 402 g/mol. The van der Waals surface area contributed by atoms with Crippen molar-refractivity contribution in [3.8, 4) is 0 Å². The van der Waals surface area contributed by atoms with Gasteiger partial charge in [0.1, 0.15) is 11.5 Å². The van der Waals surface area contributed by atoms with Crippen LogP contribution in [0.4, 0.5) is 5.82 Å². The molecule has 0 aromatic carbocycles. The minimum absolute atomic E-state index is 0.119. The van der Waals surface area contributed by atoms with Gasteiger partial charge in [-0.25, -0.2) is 0 Å². The Hall–Kier alpha value is -2.43. The number of ether oxygens (including phenoxy) is 1. The van der Waals surface area contributed by atoms with Gasteiger partial charge in [0.05, 0.1) is 24.9 Å². The Morgan fingerprint density at radius 3 is 2.86 bits per heavy atom. The second-order valence-corrected chi connectivity index (χ2v) is 7.96. The molecule has 0 unspecified atom stereocenters. The molecule has 10 nitrogen and oxygen atoms in total. The van der Waals surface area contributed by atoms with E-state index < -0.39 is 0 Å². The molecule has 2 aliphatic heterocycles. The molecule has 0 saturated carbocycles. The second-order valence-electron chi connectivity index (χ2n) is 7.96. The zero-order valence-electron chi connectivity index (χ0n) is 17.1. The first-order valence-electron chi connectivity index (χ1n) is 10.1. The lowest BCUT2D eigenvalue weighted by atomic mass is 9.99. The standard InChI is InChI=1S/C19H30N8O2/c1-24-4-3-5-26(7-6-24)13-16-18(14-11-21-25(2)12-14)27(8-9-29-16)19(28)15-10-17(20)23-22-15/h10-12,16,18H,3-9,13H2,1-2H3,(H3,20,22,23)/t16-,18-/m0/s1. The number of likely N-dealkylation sites (N-methyl/N-ethyl adjacent to an activating group) is 1. The Morgan fingerprint density at radius 2 is 2.14 bits per heavy atom. The summed E-state index contributed by atoms with van der Waals surface area (Å²) in [6, 6.07) is 1.37. The van der Waals surface area contributed by atoms with Crippen molar-refractivity contribution in [2.75, 3.05) is 58.7 Å². The van der Waals surface area contributed by atoms with Gasteiger partial charge < -0.3 is 20.3 Å². The summed E-state index contributed by atoms with van der Waals surface area (Å²) in [5, 5.41) is 11.0. The number of nitrogen functional groups attached to an aromatic ring is 1. The average molecular weight is 403 g/mol. The molecule has 0 bridgehead atoms. The van der Waals surface area contributed by atoms with Crippen LogP contribution < -0.4 is 5.73 Å². The Labute approximate surface area is 170 Å². The molecular weight excluding hydrogens is 372 g/mol. The molecule has 4 heterocycles. The van der Waals surface area contributed by atoms with Crippen LogP contribution in [-0.2, 0) is 11.8 Å². The molecule has 4 rings (SSSR count). The maximum absolute atomic E-state index is 13.2. The summed E-state index contributed by atoms with van der Waals surface area (Å²) in [5.74, 6) is 0.191. The van der Waals surface area contributed by atoms with Crippen LogP contribution in [0.25, 0.3) is 0 Å². The van der Waals surface area contributed by atoms with E-state index in [0.29, 0.717) is 24.7 Å². The van der Waals surface area contributed by atoms with Crippen LogP contribution in [0.5, 0.6) is 0 Å². The molecule has 2 aromatic rings. The summed E-state index contributed by atoms with van der Waals surface area (Å²) >= 11 is 0. The minimum Gasteiger partial charge on any atom is -0.382 e. The maximum atomic E-state index is 13.2. The highest BCUT2D eigenvalue weighted by Crippen LogP contribution is 2.31. The number of anilines is 1. The lowest BCUT2D eigenvalue weighted by molar-refractivity contribution is -0.0725. The highest BCUT2D eigenvalue weighted by atomic mass is 16.5. The summed E-state index contributed by atoms with van der Waals surface area (Å²) in [6.07, 6.45) is 4.80. The number of nitrogens with one attached hydrogen (secondary N) is 1. The number of hydrogen-bond acceptors (Lipinski definition) is 7. The van der Waals surface area contributed by atoms with E-state index in [9.17, 15) is 4.79 Å².